The first-order chi connectivity index (χ1) is 10.1. The van der Waals surface area contributed by atoms with Gasteiger partial charge in [-0.15, -0.1) is 0 Å². The fraction of sp³-hybridized carbons (Fsp3) is 0.267. The van der Waals surface area contributed by atoms with Crippen molar-refractivity contribution in [3.8, 4) is 11.5 Å². The summed E-state index contributed by atoms with van der Waals surface area (Å²) in [7, 11) is 3.91. The van der Waals surface area contributed by atoms with E-state index < -0.39 is 0 Å². The molecule has 6 heteroatoms. The Morgan fingerprint density at radius 3 is 2.90 bits per heavy atom. The summed E-state index contributed by atoms with van der Waals surface area (Å²) >= 11 is 0. The van der Waals surface area contributed by atoms with Crippen LogP contribution in [0.3, 0.4) is 0 Å². The number of likely N-dealkylation sites (N-methyl/N-ethyl adjacent to an activating group) is 1. The summed E-state index contributed by atoms with van der Waals surface area (Å²) in [6.07, 6.45) is 1.76. The van der Waals surface area contributed by atoms with E-state index in [-0.39, 0.29) is 6.04 Å². The Hall–Kier alpha value is -2.31. The first kappa shape index (κ1) is 13.7. The average Bonchev–Trinajstić information content (AvgIpc) is 2.95. The van der Waals surface area contributed by atoms with Crippen LogP contribution in [0.2, 0.25) is 0 Å². The number of benzene rings is 1. The third-order valence-electron chi connectivity index (χ3n) is 3.21. The van der Waals surface area contributed by atoms with Crippen LogP contribution in [-0.4, -0.2) is 40.7 Å². The standard InChI is InChI=1S/C15H17N5O/c1-20(2)9-12(16)14-18-15(21-19-14)11-5-3-7-13-10(11)6-4-8-17-13/h3-8,12H,9,16H2,1-2H3. The Morgan fingerprint density at radius 1 is 1.24 bits per heavy atom. The van der Waals surface area contributed by atoms with E-state index in [1.54, 1.807) is 6.20 Å². The van der Waals surface area contributed by atoms with Gasteiger partial charge in [-0.2, -0.15) is 4.98 Å². The minimum absolute atomic E-state index is 0.273. The number of hydrogen-bond acceptors (Lipinski definition) is 6. The van der Waals surface area contributed by atoms with E-state index in [0.717, 1.165) is 16.5 Å². The zero-order chi connectivity index (χ0) is 14.8. The minimum atomic E-state index is -0.273. The van der Waals surface area contributed by atoms with Crippen molar-refractivity contribution in [3.05, 3.63) is 42.4 Å². The van der Waals surface area contributed by atoms with Gasteiger partial charge in [-0.1, -0.05) is 17.3 Å². The Morgan fingerprint density at radius 2 is 2.10 bits per heavy atom. The molecule has 0 aliphatic heterocycles. The Labute approximate surface area is 122 Å². The topological polar surface area (TPSA) is 81.1 Å². The summed E-state index contributed by atoms with van der Waals surface area (Å²) in [6.45, 7) is 0.663. The highest BCUT2D eigenvalue weighted by Crippen LogP contribution is 2.26. The molecule has 0 bridgehead atoms. The summed E-state index contributed by atoms with van der Waals surface area (Å²) in [5, 5.41) is 4.98. The predicted molar refractivity (Wildman–Crippen MR) is 80.5 cm³/mol. The molecular formula is C15H17N5O. The zero-order valence-electron chi connectivity index (χ0n) is 12.0. The number of hydrogen-bond donors (Lipinski definition) is 1. The molecule has 0 amide bonds. The monoisotopic (exact) mass is 283 g/mol. The van der Waals surface area contributed by atoms with Crippen molar-refractivity contribution in [1.82, 2.24) is 20.0 Å². The van der Waals surface area contributed by atoms with E-state index in [2.05, 4.69) is 15.1 Å². The van der Waals surface area contributed by atoms with E-state index in [9.17, 15) is 0 Å². The third kappa shape index (κ3) is 2.76. The van der Waals surface area contributed by atoms with Crippen LogP contribution < -0.4 is 5.73 Å². The van der Waals surface area contributed by atoms with Gasteiger partial charge in [0.05, 0.1) is 11.6 Å². The molecule has 2 heterocycles. The largest absolute Gasteiger partial charge is 0.334 e. The number of pyridine rings is 1. The molecule has 21 heavy (non-hydrogen) atoms. The van der Waals surface area contributed by atoms with Crippen molar-refractivity contribution < 1.29 is 4.52 Å². The molecule has 3 aromatic rings. The molecule has 0 spiro atoms. The normalized spacial score (nSPS) is 13.0. The highest BCUT2D eigenvalue weighted by Gasteiger charge is 2.17. The number of fused-ring (bicyclic) bond motifs is 1. The fourth-order valence-corrected chi connectivity index (χ4v) is 2.26. The summed E-state index contributed by atoms with van der Waals surface area (Å²) in [4.78, 5) is 10.7. The molecule has 2 aromatic heterocycles. The molecule has 0 saturated heterocycles. The SMILES string of the molecule is CN(C)CC(N)c1noc(-c2cccc3ncccc23)n1. The molecule has 1 atom stereocenters. The second-order valence-electron chi connectivity index (χ2n) is 5.20. The predicted octanol–water partition coefficient (Wildman–Crippen LogP) is 1.85. The molecule has 0 aliphatic carbocycles. The zero-order valence-corrected chi connectivity index (χ0v) is 12.0. The lowest BCUT2D eigenvalue weighted by Gasteiger charge is -2.12. The molecule has 0 saturated carbocycles. The Balaban J connectivity index is 1.99. The van der Waals surface area contributed by atoms with Gasteiger partial charge in [0.25, 0.3) is 5.89 Å². The van der Waals surface area contributed by atoms with Gasteiger partial charge in [0, 0.05) is 23.7 Å². The average molecular weight is 283 g/mol. The van der Waals surface area contributed by atoms with E-state index in [4.69, 9.17) is 10.3 Å². The molecule has 3 rings (SSSR count). The summed E-state index contributed by atoms with van der Waals surface area (Å²) < 4.78 is 5.37. The number of rotatable bonds is 4. The summed E-state index contributed by atoms with van der Waals surface area (Å²) in [6, 6.07) is 9.42. The van der Waals surface area contributed by atoms with Crippen molar-refractivity contribution in [2.75, 3.05) is 20.6 Å². The van der Waals surface area contributed by atoms with Gasteiger partial charge in [0.15, 0.2) is 5.82 Å². The van der Waals surface area contributed by atoms with Crippen LogP contribution in [0.25, 0.3) is 22.4 Å². The molecule has 1 aromatic carbocycles. The molecular weight excluding hydrogens is 266 g/mol. The van der Waals surface area contributed by atoms with Gasteiger partial charge in [0.2, 0.25) is 0 Å². The molecule has 2 N–H and O–H groups in total. The van der Waals surface area contributed by atoms with Crippen molar-refractivity contribution in [3.63, 3.8) is 0 Å². The van der Waals surface area contributed by atoms with Crippen LogP contribution in [0.15, 0.2) is 41.1 Å². The smallest absolute Gasteiger partial charge is 0.258 e. The molecule has 0 aliphatic rings. The maximum atomic E-state index is 6.06. The quantitative estimate of drug-likeness (QED) is 0.787. The highest BCUT2D eigenvalue weighted by molar-refractivity contribution is 5.92. The lowest BCUT2D eigenvalue weighted by molar-refractivity contribution is 0.357. The van der Waals surface area contributed by atoms with Crippen LogP contribution in [-0.2, 0) is 0 Å². The van der Waals surface area contributed by atoms with Crippen molar-refractivity contribution in [2.24, 2.45) is 5.73 Å². The maximum absolute atomic E-state index is 6.06. The third-order valence-corrected chi connectivity index (χ3v) is 3.21. The molecule has 0 fully saturated rings. The second-order valence-corrected chi connectivity index (χ2v) is 5.20. The maximum Gasteiger partial charge on any atom is 0.258 e. The minimum Gasteiger partial charge on any atom is -0.334 e. The molecule has 0 radical (unpaired) electrons. The van der Waals surface area contributed by atoms with E-state index in [0.29, 0.717) is 18.3 Å². The number of nitrogens with two attached hydrogens (primary N) is 1. The van der Waals surface area contributed by atoms with Gasteiger partial charge in [-0.05, 0) is 32.3 Å². The number of aromatic nitrogens is 3. The lowest BCUT2D eigenvalue weighted by atomic mass is 10.1. The molecule has 6 nitrogen and oxygen atoms in total. The second kappa shape index (κ2) is 5.59. The van der Waals surface area contributed by atoms with Gasteiger partial charge in [0.1, 0.15) is 0 Å². The van der Waals surface area contributed by atoms with Gasteiger partial charge >= 0.3 is 0 Å². The van der Waals surface area contributed by atoms with E-state index >= 15 is 0 Å². The summed E-state index contributed by atoms with van der Waals surface area (Å²) in [5.41, 5.74) is 7.83. The van der Waals surface area contributed by atoms with E-state index in [1.807, 2.05) is 49.3 Å². The first-order valence-corrected chi connectivity index (χ1v) is 6.73. The first-order valence-electron chi connectivity index (χ1n) is 6.73. The lowest BCUT2D eigenvalue weighted by Crippen LogP contribution is -2.26. The van der Waals surface area contributed by atoms with E-state index in [1.165, 1.54) is 0 Å². The van der Waals surface area contributed by atoms with Crippen molar-refractivity contribution in [1.29, 1.82) is 0 Å². The number of nitrogens with zero attached hydrogens (tertiary/aromatic N) is 4. The fourth-order valence-electron chi connectivity index (χ4n) is 2.26. The van der Waals surface area contributed by atoms with Crippen LogP contribution in [0.4, 0.5) is 0 Å². The summed E-state index contributed by atoms with van der Waals surface area (Å²) in [5.74, 6) is 0.984. The molecule has 1 unspecified atom stereocenters. The van der Waals surface area contributed by atoms with Crippen LogP contribution in [0.5, 0.6) is 0 Å². The van der Waals surface area contributed by atoms with Crippen molar-refractivity contribution in [2.45, 2.75) is 6.04 Å². The van der Waals surface area contributed by atoms with Gasteiger partial charge in [-0.3, -0.25) is 4.98 Å². The van der Waals surface area contributed by atoms with Crippen LogP contribution in [0, 0.1) is 0 Å². The van der Waals surface area contributed by atoms with Crippen molar-refractivity contribution >= 4 is 10.9 Å². The van der Waals surface area contributed by atoms with Gasteiger partial charge < -0.3 is 15.2 Å². The van der Waals surface area contributed by atoms with Gasteiger partial charge in [-0.25, -0.2) is 0 Å². The Kier molecular flexibility index (Phi) is 3.64. The Bertz CT molecular complexity index is 747. The van der Waals surface area contributed by atoms with Crippen LogP contribution >= 0.6 is 0 Å². The highest BCUT2D eigenvalue weighted by atomic mass is 16.5. The van der Waals surface area contributed by atoms with Crippen LogP contribution in [0.1, 0.15) is 11.9 Å². The molecule has 108 valence electrons.